The molecule has 0 bridgehead atoms. The Kier molecular flexibility index (Phi) is 6.99. The van der Waals surface area contributed by atoms with Gasteiger partial charge in [-0.05, 0) is 29.3 Å². The van der Waals surface area contributed by atoms with Crippen molar-refractivity contribution in [3.63, 3.8) is 0 Å². The van der Waals surface area contributed by atoms with Crippen LogP contribution in [0.4, 0.5) is 13.2 Å². The van der Waals surface area contributed by atoms with Crippen molar-refractivity contribution in [1.82, 2.24) is 14.7 Å². The maximum Gasteiger partial charge on any atom is 0.416 e. The lowest BCUT2D eigenvalue weighted by molar-refractivity contribution is -0.137. The molecule has 0 spiro atoms. The Labute approximate surface area is 190 Å². The van der Waals surface area contributed by atoms with Gasteiger partial charge in [-0.2, -0.15) is 13.2 Å². The lowest BCUT2D eigenvalue weighted by Gasteiger charge is -2.36. The summed E-state index contributed by atoms with van der Waals surface area (Å²) in [6, 6.07) is 11.7. The zero-order valence-corrected chi connectivity index (χ0v) is 18.2. The molecular formula is C24H26F3N3O3. The number of halogens is 3. The first-order valence-corrected chi connectivity index (χ1v) is 11.0. The van der Waals surface area contributed by atoms with E-state index in [1.165, 1.54) is 12.1 Å². The minimum Gasteiger partial charge on any atom is -0.379 e. The second-order valence-electron chi connectivity index (χ2n) is 8.18. The number of hydrogen-bond acceptors (Lipinski definition) is 4. The molecule has 33 heavy (non-hydrogen) atoms. The smallest absolute Gasteiger partial charge is 0.379 e. The fourth-order valence-corrected chi connectivity index (χ4v) is 4.14. The summed E-state index contributed by atoms with van der Waals surface area (Å²) in [6.07, 6.45) is -4.41. The van der Waals surface area contributed by atoms with Crippen LogP contribution in [0.25, 0.3) is 11.1 Å². The molecule has 0 N–H and O–H groups in total. The van der Waals surface area contributed by atoms with E-state index in [0.717, 1.165) is 25.2 Å². The van der Waals surface area contributed by atoms with Crippen molar-refractivity contribution in [2.75, 3.05) is 59.0 Å². The van der Waals surface area contributed by atoms with Crippen LogP contribution in [0.1, 0.15) is 15.9 Å². The van der Waals surface area contributed by atoms with Gasteiger partial charge in [-0.1, -0.05) is 30.3 Å². The normalized spacial score (nSPS) is 17.8. The fraction of sp³-hybridized carbons (Fsp3) is 0.417. The number of nitrogens with zero attached hydrogens (tertiary/aromatic N) is 3. The molecule has 2 heterocycles. The van der Waals surface area contributed by atoms with Crippen LogP contribution in [0.5, 0.6) is 0 Å². The molecule has 6 nitrogen and oxygen atoms in total. The van der Waals surface area contributed by atoms with Crippen molar-refractivity contribution < 1.29 is 27.5 Å². The van der Waals surface area contributed by atoms with E-state index >= 15 is 0 Å². The van der Waals surface area contributed by atoms with Crippen LogP contribution < -0.4 is 0 Å². The molecule has 4 rings (SSSR count). The number of ether oxygens (including phenoxy) is 1. The van der Waals surface area contributed by atoms with Gasteiger partial charge in [0.1, 0.15) is 0 Å². The standard InChI is InChI=1S/C24H26F3N3O3/c25-24(26,27)19-7-5-18(6-8-19)20-3-1-2-4-21(20)23(32)30-11-9-29(10-12-30)22(31)17-28-13-15-33-16-14-28/h1-8H,9-17H2. The molecule has 2 fully saturated rings. The number of piperazine rings is 1. The van der Waals surface area contributed by atoms with E-state index in [-0.39, 0.29) is 11.8 Å². The van der Waals surface area contributed by atoms with Gasteiger partial charge in [0.05, 0.1) is 25.3 Å². The number of carbonyl (C=O) groups excluding carboxylic acids is 2. The minimum atomic E-state index is -4.41. The second-order valence-corrected chi connectivity index (χ2v) is 8.18. The maximum atomic E-state index is 13.2. The predicted molar refractivity (Wildman–Crippen MR) is 117 cm³/mol. The largest absolute Gasteiger partial charge is 0.416 e. The van der Waals surface area contributed by atoms with Gasteiger partial charge < -0.3 is 14.5 Å². The van der Waals surface area contributed by atoms with Crippen LogP contribution in [0.2, 0.25) is 0 Å². The van der Waals surface area contributed by atoms with Crippen LogP contribution in [-0.2, 0) is 15.7 Å². The highest BCUT2D eigenvalue weighted by Crippen LogP contribution is 2.32. The maximum absolute atomic E-state index is 13.2. The Morgan fingerprint density at radius 2 is 1.42 bits per heavy atom. The molecule has 2 saturated heterocycles. The molecule has 176 valence electrons. The van der Waals surface area contributed by atoms with E-state index in [9.17, 15) is 22.8 Å². The summed E-state index contributed by atoms with van der Waals surface area (Å²) in [5, 5.41) is 0. The summed E-state index contributed by atoms with van der Waals surface area (Å²) in [6.45, 7) is 4.84. The number of alkyl halides is 3. The summed E-state index contributed by atoms with van der Waals surface area (Å²) in [5.74, 6) is -0.139. The van der Waals surface area contributed by atoms with E-state index < -0.39 is 11.7 Å². The van der Waals surface area contributed by atoms with Gasteiger partial charge in [-0.15, -0.1) is 0 Å². The summed E-state index contributed by atoms with van der Waals surface area (Å²) in [7, 11) is 0. The van der Waals surface area contributed by atoms with Crippen molar-refractivity contribution in [3.8, 4) is 11.1 Å². The van der Waals surface area contributed by atoms with Crippen molar-refractivity contribution in [1.29, 1.82) is 0 Å². The number of benzene rings is 2. The number of rotatable bonds is 4. The third-order valence-corrected chi connectivity index (χ3v) is 6.06. The molecule has 9 heteroatoms. The average Bonchev–Trinajstić information content (AvgIpc) is 2.84. The van der Waals surface area contributed by atoms with Gasteiger partial charge in [0, 0.05) is 44.8 Å². The molecule has 0 aromatic heterocycles. The first-order chi connectivity index (χ1) is 15.8. The fourth-order valence-electron chi connectivity index (χ4n) is 4.14. The Morgan fingerprint density at radius 3 is 2.06 bits per heavy atom. The van der Waals surface area contributed by atoms with E-state index in [1.807, 2.05) is 0 Å². The van der Waals surface area contributed by atoms with Crippen LogP contribution >= 0.6 is 0 Å². The molecule has 0 aliphatic carbocycles. The van der Waals surface area contributed by atoms with Crippen molar-refractivity contribution in [2.45, 2.75) is 6.18 Å². The summed E-state index contributed by atoms with van der Waals surface area (Å²) in [5.41, 5.74) is 0.839. The number of morpholine rings is 1. The van der Waals surface area contributed by atoms with Crippen molar-refractivity contribution in [3.05, 3.63) is 59.7 Å². The molecule has 2 aromatic rings. The highest BCUT2D eigenvalue weighted by Gasteiger charge is 2.31. The zero-order chi connectivity index (χ0) is 23.4. The Hall–Kier alpha value is -2.91. The minimum absolute atomic E-state index is 0.0501. The van der Waals surface area contributed by atoms with Gasteiger partial charge in [0.15, 0.2) is 0 Å². The average molecular weight is 461 g/mol. The molecule has 0 atom stereocenters. The first-order valence-electron chi connectivity index (χ1n) is 11.0. The van der Waals surface area contributed by atoms with E-state index in [1.54, 1.807) is 34.1 Å². The van der Waals surface area contributed by atoms with Gasteiger partial charge >= 0.3 is 6.18 Å². The van der Waals surface area contributed by atoms with E-state index in [4.69, 9.17) is 4.74 Å². The predicted octanol–water partition coefficient (Wildman–Crippen LogP) is 2.99. The van der Waals surface area contributed by atoms with Gasteiger partial charge in [0.2, 0.25) is 5.91 Å². The zero-order valence-electron chi connectivity index (χ0n) is 18.2. The Bertz CT molecular complexity index is 980. The monoisotopic (exact) mass is 461 g/mol. The lowest BCUT2D eigenvalue weighted by atomic mass is 9.97. The second kappa shape index (κ2) is 9.93. The highest BCUT2D eigenvalue weighted by atomic mass is 19.4. The number of amides is 2. The molecule has 2 aromatic carbocycles. The Morgan fingerprint density at radius 1 is 0.818 bits per heavy atom. The quantitative estimate of drug-likeness (QED) is 0.703. The molecular weight excluding hydrogens is 435 g/mol. The van der Waals surface area contributed by atoms with Crippen molar-refractivity contribution in [2.24, 2.45) is 0 Å². The van der Waals surface area contributed by atoms with Gasteiger partial charge in [-0.25, -0.2) is 0 Å². The molecule has 0 radical (unpaired) electrons. The topological polar surface area (TPSA) is 53.1 Å². The third kappa shape index (κ3) is 5.54. The highest BCUT2D eigenvalue weighted by molar-refractivity contribution is 6.01. The molecule has 0 saturated carbocycles. The van der Waals surface area contributed by atoms with Crippen LogP contribution in [0.3, 0.4) is 0 Å². The van der Waals surface area contributed by atoms with Gasteiger partial charge in [-0.3, -0.25) is 14.5 Å². The first kappa shape index (κ1) is 23.3. The molecule has 2 aliphatic rings. The van der Waals surface area contributed by atoms with Crippen LogP contribution in [0.15, 0.2) is 48.5 Å². The van der Waals surface area contributed by atoms with Crippen LogP contribution in [0, 0.1) is 0 Å². The van der Waals surface area contributed by atoms with Crippen molar-refractivity contribution >= 4 is 11.8 Å². The van der Waals surface area contributed by atoms with E-state index in [2.05, 4.69) is 4.90 Å². The summed E-state index contributed by atoms with van der Waals surface area (Å²) in [4.78, 5) is 31.4. The molecule has 2 aliphatic heterocycles. The lowest BCUT2D eigenvalue weighted by Crippen LogP contribution is -2.53. The number of hydrogen-bond donors (Lipinski definition) is 0. The number of carbonyl (C=O) groups is 2. The van der Waals surface area contributed by atoms with E-state index in [0.29, 0.717) is 62.6 Å². The molecule has 2 amide bonds. The summed E-state index contributed by atoms with van der Waals surface area (Å²) < 4.78 is 44.0. The molecule has 0 unspecified atom stereocenters. The Balaban J connectivity index is 1.41. The van der Waals surface area contributed by atoms with Crippen LogP contribution in [-0.4, -0.2) is 85.5 Å². The third-order valence-electron chi connectivity index (χ3n) is 6.06. The summed E-state index contributed by atoms with van der Waals surface area (Å²) >= 11 is 0. The SMILES string of the molecule is O=C(CN1CCOCC1)N1CCN(C(=O)c2ccccc2-c2ccc(C(F)(F)F)cc2)CC1. The van der Waals surface area contributed by atoms with Gasteiger partial charge in [0.25, 0.3) is 5.91 Å².